The Morgan fingerprint density at radius 3 is 2.42 bits per heavy atom. The van der Waals surface area contributed by atoms with Crippen LogP contribution in [-0.2, 0) is 0 Å². The van der Waals surface area contributed by atoms with Crippen molar-refractivity contribution in [1.82, 2.24) is 9.97 Å². The average Bonchev–Trinajstić information content (AvgIpc) is 2.72. The minimum Gasteiger partial charge on any atom is -0.497 e. The highest BCUT2D eigenvalue weighted by Gasteiger charge is 2.19. The maximum Gasteiger partial charge on any atom is 0.227 e. The van der Waals surface area contributed by atoms with Gasteiger partial charge < -0.3 is 19.9 Å². The van der Waals surface area contributed by atoms with Crippen LogP contribution >= 0.6 is 0 Å². The molecule has 140 valence electrons. The fourth-order valence-electron chi connectivity index (χ4n) is 3.15. The number of hydrogen-bond acceptors (Lipinski definition) is 6. The Morgan fingerprint density at radius 2 is 1.73 bits per heavy atom. The number of rotatable bonds is 8. The standard InChI is InChI=1S/C20H29N5O/c1-3-4-5-11-21-19-10-12-22-20(23-19)25-15-13-24(14-16-25)17-6-8-18(26-2)9-7-17/h6-10,12H,3-5,11,13-16H2,1-2H3,(H,21,22,23). The predicted octanol–water partition coefficient (Wildman–Crippen LogP) is 3.41. The van der Waals surface area contributed by atoms with Crippen molar-refractivity contribution in [2.24, 2.45) is 0 Å². The minimum absolute atomic E-state index is 0.819. The molecule has 3 rings (SSSR count). The van der Waals surface area contributed by atoms with Crippen LogP contribution in [0.3, 0.4) is 0 Å². The Labute approximate surface area is 156 Å². The van der Waals surface area contributed by atoms with Crippen molar-refractivity contribution in [1.29, 1.82) is 0 Å². The fraction of sp³-hybridized carbons (Fsp3) is 0.500. The van der Waals surface area contributed by atoms with Gasteiger partial charge in [-0.3, -0.25) is 0 Å². The molecule has 0 spiro atoms. The molecule has 1 N–H and O–H groups in total. The summed E-state index contributed by atoms with van der Waals surface area (Å²) >= 11 is 0. The molecule has 6 nitrogen and oxygen atoms in total. The molecule has 0 saturated carbocycles. The molecule has 1 aliphatic heterocycles. The van der Waals surface area contributed by atoms with Crippen LogP contribution in [0.5, 0.6) is 5.75 Å². The van der Waals surface area contributed by atoms with E-state index in [1.807, 2.05) is 24.4 Å². The third kappa shape index (κ3) is 4.77. The number of benzene rings is 1. The van der Waals surface area contributed by atoms with E-state index in [0.29, 0.717) is 0 Å². The number of piperazine rings is 1. The van der Waals surface area contributed by atoms with Crippen LogP contribution < -0.4 is 19.9 Å². The van der Waals surface area contributed by atoms with Crippen molar-refractivity contribution in [2.75, 3.05) is 55.0 Å². The van der Waals surface area contributed by atoms with E-state index in [2.05, 4.69) is 44.1 Å². The van der Waals surface area contributed by atoms with Gasteiger partial charge in [0.05, 0.1) is 7.11 Å². The summed E-state index contributed by atoms with van der Waals surface area (Å²) in [7, 11) is 1.70. The van der Waals surface area contributed by atoms with E-state index in [1.54, 1.807) is 7.11 Å². The van der Waals surface area contributed by atoms with Crippen molar-refractivity contribution >= 4 is 17.5 Å². The van der Waals surface area contributed by atoms with Crippen LogP contribution in [0, 0.1) is 0 Å². The van der Waals surface area contributed by atoms with Crippen LogP contribution in [-0.4, -0.2) is 49.8 Å². The zero-order valence-electron chi connectivity index (χ0n) is 15.8. The molecular formula is C20H29N5O. The molecule has 0 radical (unpaired) electrons. The Bertz CT molecular complexity index is 668. The van der Waals surface area contributed by atoms with Crippen LogP contribution in [0.2, 0.25) is 0 Å². The number of anilines is 3. The van der Waals surface area contributed by atoms with Crippen molar-refractivity contribution in [3.05, 3.63) is 36.5 Å². The van der Waals surface area contributed by atoms with E-state index in [-0.39, 0.29) is 0 Å². The normalized spacial score (nSPS) is 14.4. The second kappa shape index (κ2) is 9.27. The van der Waals surface area contributed by atoms with Gasteiger partial charge in [0.2, 0.25) is 5.95 Å². The van der Waals surface area contributed by atoms with Gasteiger partial charge in [-0.1, -0.05) is 19.8 Å². The monoisotopic (exact) mass is 355 g/mol. The van der Waals surface area contributed by atoms with Crippen molar-refractivity contribution in [3.8, 4) is 5.75 Å². The number of nitrogens with one attached hydrogen (secondary N) is 1. The first-order chi connectivity index (χ1) is 12.8. The molecule has 1 fully saturated rings. The van der Waals surface area contributed by atoms with E-state index in [9.17, 15) is 0 Å². The molecule has 2 heterocycles. The summed E-state index contributed by atoms with van der Waals surface area (Å²) in [5.41, 5.74) is 1.23. The van der Waals surface area contributed by atoms with E-state index < -0.39 is 0 Å². The Balaban J connectivity index is 1.54. The molecule has 0 amide bonds. The van der Waals surface area contributed by atoms with E-state index in [1.165, 1.54) is 24.9 Å². The Morgan fingerprint density at radius 1 is 1.00 bits per heavy atom. The molecule has 6 heteroatoms. The number of hydrogen-bond donors (Lipinski definition) is 1. The van der Waals surface area contributed by atoms with Gasteiger partial charge in [0, 0.05) is 44.6 Å². The quantitative estimate of drug-likeness (QED) is 0.733. The molecule has 26 heavy (non-hydrogen) atoms. The van der Waals surface area contributed by atoms with Gasteiger partial charge in [0.1, 0.15) is 11.6 Å². The fourth-order valence-corrected chi connectivity index (χ4v) is 3.15. The highest BCUT2D eigenvalue weighted by atomic mass is 16.5. The molecule has 0 atom stereocenters. The van der Waals surface area contributed by atoms with Crippen molar-refractivity contribution in [3.63, 3.8) is 0 Å². The van der Waals surface area contributed by atoms with Gasteiger partial charge in [-0.25, -0.2) is 4.98 Å². The second-order valence-corrected chi connectivity index (χ2v) is 6.55. The number of nitrogens with zero attached hydrogens (tertiary/aromatic N) is 4. The number of unbranched alkanes of at least 4 members (excludes halogenated alkanes) is 2. The van der Waals surface area contributed by atoms with Gasteiger partial charge in [-0.15, -0.1) is 0 Å². The molecule has 1 aliphatic rings. The summed E-state index contributed by atoms with van der Waals surface area (Å²) in [4.78, 5) is 13.8. The third-order valence-corrected chi connectivity index (χ3v) is 4.73. The molecule has 0 unspecified atom stereocenters. The van der Waals surface area contributed by atoms with Crippen molar-refractivity contribution < 1.29 is 4.74 Å². The van der Waals surface area contributed by atoms with Gasteiger partial charge >= 0.3 is 0 Å². The lowest BCUT2D eigenvalue weighted by molar-refractivity contribution is 0.415. The zero-order chi connectivity index (χ0) is 18.2. The molecular weight excluding hydrogens is 326 g/mol. The Hall–Kier alpha value is -2.50. The van der Waals surface area contributed by atoms with Gasteiger partial charge in [0.25, 0.3) is 0 Å². The predicted molar refractivity (Wildman–Crippen MR) is 107 cm³/mol. The zero-order valence-corrected chi connectivity index (χ0v) is 15.8. The first-order valence-electron chi connectivity index (χ1n) is 9.51. The summed E-state index contributed by atoms with van der Waals surface area (Å²) in [6, 6.07) is 10.2. The van der Waals surface area contributed by atoms with E-state index in [0.717, 1.165) is 50.2 Å². The number of ether oxygens (including phenoxy) is 1. The maximum atomic E-state index is 5.23. The topological polar surface area (TPSA) is 53.5 Å². The summed E-state index contributed by atoms with van der Waals surface area (Å²) < 4.78 is 5.23. The highest BCUT2D eigenvalue weighted by Crippen LogP contribution is 2.21. The SMILES string of the molecule is CCCCCNc1ccnc(N2CCN(c3ccc(OC)cc3)CC2)n1. The third-order valence-electron chi connectivity index (χ3n) is 4.73. The maximum absolute atomic E-state index is 5.23. The highest BCUT2D eigenvalue weighted by molar-refractivity contribution is 5.51. The van der Waals surface area contributed by atoms with Gasteiger partial charge in [0.15, 0.2) is 0 Å². The molecule has 1 aromatic carbocycles. The molecule has 2 aromatic rings. The van der Waals surface area contributed by atoms with Crippen LogP contribution in [0.4, 0.5) is 17.5 Å². The van der Waals surface area contributed by atoms with E-state index >= 15 is 0 Å². The number of methoxy groups -OCH3 is 1. The number of aromatic nitrogens is 2. The molecule has 0 aliphatic carbocycles. The molecule has 1 saturated heterocycles. The second-order valence-electron chi connectivity index (χ2n) is 6.55. The van der Waals surface area contributed by atoms with Crippen molar-refractivity contribution in [2.45, 2.75) is 26.2 Å². The average molecular weight is 355 g/mol. The lowest BCUT2D eigenvalue weighted by Gasteiger charge is -2.36. The van der Waals surface area contributed by atoms with Crippen LogP contribution in [0.15, 0.2) is 36.5 Å². The summed E-state index contributed by atoms with van der Waals surface area (Å²) in [5.74, 6) is 2.63. The Kier molecular flexibility index (Phi) is 6.52. The smallest absolute Gasteiger partial charge is 0.227 e. The largest absolute Gasteiger partial charge is 0.497 e. The first kappa shape index (κ1) is 18.3. The molecule has 1 aromatic heterocycles. The first-order valence-corrected chi connectivity index (χ1v) is 9.51. The summed E-state index contributed by atoms with van der Waals surface area (Å²) in [6.45, 7) is 6.95. The van der Waals surface area contributed by atoms with Crippen LogP contribution in [0.1, 0.15) is 26.2 Å². The summed E-state index contributed by atoms with van der Waals surface area (Å²) in [6.07, 6.45) is 5.50. The van der Waals surface area contributed by atoms with E-state index in [4.69, 9.17) is 4.74 Å². The van der Waals surface area contributed by atoms with Gasteiger partial charge in [-0.05, 0) is 36.8 Å². The lowest BCUT2D eigenvalue weighted by Crippen LogP contribution is -2.47. The summed E-state index contributed by atoms with van der Waals surface area (Å²) in [5, 5.41) is 3.40. The molecule has 0 bridgehead atoms. The lowest BCUT2D eigenvalue weighted by atomic mass is 10.2. The van der Waals surface area contributed by atoms with Crippen LogP contribution in [0.25, 0.3) is 0 Å². The van der Waals surface area contributed by atoms with Gasteiger partial charge in [-0.2, -0.15) is 4.98 Å². The minimum atomic E-state index is 0.819.